The van der Waals surface area contributed by atoms with Gasteiger partial charge in [0.05, 0.1) is 11.8 Å². The number of hydrogen-bond donors (Lipinski definition) is 1. The Kier molecular flexibility index (Phi) is 6.01. The van der Waals surface area contributed by atoms with Gasteiger partial charge in [-0.15, -0.1) is 0 Å². The highest BCUT2D eigenvalue weighted by Gasteiger charge is 2.52. The number of furan rings is 1. The third-order valence-corrected chi connectivity index (χ3v) is 8.13. The van der Waals surface area contributed by atoms with Crippen LogP contribution >= 0.6 is 0 Å². The fourth-order valence-corrected chi connectivity index (χ4v) is 6.50. The minimum Gasteiger partial charge on any atom is -0.464 e. The summed E-state index contributed by atoms with van der Waals surface area (Å²) in [6.45, 7) is 7.80. The molecule has 4 heterocycles. The summed E-state index contributed by atoms with van der Waals surface area (Å²) < 4.78 is 43.9. The minimum absolute atomic E-state index is 0.0811. The largest absolute Gasteiger partial charge is 0.464 e. The number of urea groups is 1. The molecule has 0 radical (unpaired) electrons. The number of carbonyl (C=O) groups excluding carboxylic acids is 1. The maximum atomic E-state index is 13.2. The van der Waals surface area contributed by atoms with Crippen LogP contribution in [0.2, 0.25) is 0 Å². The van der Waals surface area contributed by atoms with E-state index in [4.69, 9.17) is 4.42 Å². The summed E-state index contributed by atoms with van der Waals surface area (Å²) in [7, 11) is 0. The van der Waals surface area contributed by atoms with Crippen LogP contribution in [0.5, 0.6) is 0 Å². The molecule has 3 aliphatic rings. The Morgan fingerprint density at radius 1 is 1.11 bits per heavy atom. The SMILES string of the molecule is C[C@@H]1CN(c2ncc(C(F)(F)F)cn2)C[C@H](C)N1C(=O)NC1CC2(C1)CN(Cc1ccc3occc3c1)C2. The number of anilines is 1. The summed E-state index contributed by atoms with van der Waals surface area (Å²) in [5.74, 6) is 0.247. The molecule has 3 aromatic rings. The Morgan fingerprint density at radius 3 is 2.45 bits per heavy atom. The molecule has 0 unspecified atom stereocenters. The summed E-state index contributed by atoms with van der Waals surface area (Å²) in [6.07, 6.45) is 0.830. The molecule has 8 nitrogen and oxygen atoms in total. The van der Waals surface area contributed by atoms with Gasteiger partial charge >= 0.3 is 12.2 Å². The number of halogens is 3. The van der Waals surface area contributed by atoms with Crippen molar-refractivity contribution in [1.82, 2.24) is 25.1 Å². The van der Waals surface area contributed by atoms with Crippen molar-refractivity contribution in [3.63, 3.8) is 0 Å². The molecular weight excluding hydrogens is 497 g/mol. The summed E-state index contributed by atoms with van der Waals surface area (Å²) in [4.78, 5) is 27.1. The van der Waals surface area contributed by atoms with Gasteiger partial charge < -0.3 is 19.5 Å². The summed E-state index contributed by atoms with van der Waals surface area (Å²) in [5, 5.41) is 4.34. The molecule has 38 heavy (non-hydrogen) atoms. The molecule has 11 heteroatoms. The van der Waals surface area contributed by atoms with Gasteiger partial charge in [0.1, 0.15) is 5.58 Å². The fourth-order valence-electron chi connectivity index (χ4n) is 6.50. The second-order valence-corrected chi connectivity index (χ2v) is 11.3. The molecule has 2 amide bonds. The van der Waals surface area contributed by atoms with Gasteiger partial charge in [-0.1, -0.05) is 6.07 Å². The number of nitrogens with one attached hydrogen (secondary N) is 1. The molecule has 2 saturated heterocycles. The molecular formula is C27H31F3N6O2. The van der Waals surface area contributed by atoms with E-state index in [0.717, 1.165) is 55.8 Å². The normalized spacial score (nSPS) is 23.9. The average molecular weight is 529 g/mol. The first kappa shape index (κ1) is 25.0. The van der Waals surface area contributed by atoms with E-state index in [1.54, 1.807) is 6.26 Å². The molecule has 1 aromatic carbocycles. The average Bonchev–Trinajstić information content (AvgIpc) is 3.28. The van der Waals surface area contributed by atoms with E-state index in [1.165, 1.54) is 5.56 Å². The Balaban J connectivity index is 0.973. The van der Waals surface area contributed by atoms with Crippen LogP contribution in [-0.2, 0) is 12.7 Å². The molecule has 202 valence electrons. The molecule has 1 spiro atoms. The molecule has 1 aliphatic carbocycles. The second-order valence-electron chi connectivity index (χ2n) is 11.3. The Hall–Kier alpha value is -3.34. The number of benzene rings is 1. The third kappa shape index (κ3) is 4.68. The molecule has 1 N–H and O–H groups in total. The Morgan fingerprint density at radius 2 is 1.79 bits per heavy atom. The standard InChI is InChI=1S/C27H31F3N6O2/c1-17-12-35(24-31-10-21(11-32-24)27(28,29)30)13-18(2)36(17)25(37)33-22-8-26(9-22)15-34(16-26)14-19-3-4-23-20(7-19)5-6-38-23/h3-7,10-11,17-18,22H,8-9,12-16H2,1-2H3,(H,33,37)/t17-,18+. The van der Waals surface area contributed by atoms with E-state index in [0.29, 0.717) is 18.5 Å². The van der Waals surface area contributed by atoms with Crippen LogP contribution in [-0.4, -0.2) is 70.1 Å². The lowest BCUT2D eigenvalue weighted by molar-refractivity contribution is -0.138. The number of alkyl halides is 3. The van der Waals surface area contributed by atoms with Crippen LogP contribution in [0.4, 0.5) is 23.9 Å². The number of likely N-dealkylation sites (tertiary alicyclic amines) is 1. The van der Waals surface area contributed by atoms with Gasteiger partial charge in [0.2, 0.25) is 5.95 Å². The molecule has 2 aromatic heterocycles. The lowest BCUT2D eigenvalue weighted by Gasteiger charge is -2.59. The van der Waals surface area contributed by atoms with E-state index in [1.807, 2.05) is 35.8 Å². The van der Waals surface area contributed by atoms with E-state index in [-0.39, 0.29) is 30.1 Å². The first-order valence-corrected chi connectivity index (χ1v) is 13.0. The topological polar surface area (TPSA) is 77.7 Å². The lowest BCUT2D eigenvalue weighted by Crippen LogP contribution is -2.68. The maximum absolute atomic E-state index is 13.2. The van der Waals surface area contributed by atoms with Crippen LogP contribution in [0.3, 0.4) is 0 Å². The van der Waals surface area contributed by atoms with Crippen molar-refractivity contribution in [2.75, 3.05) is 31.1 Å². The van der Waals surface area contributed by atoms with Gasteiger partial charge in [-0.3, -0.25) is 4.90 Å². The zero-order chi connectivity index (χ0) is 26.7. The number of aromatic nitrogens is 2. The molecule has 1 saturated carbocycles. The minimum atomic E-state index is -4.47. The molecule has 6 rings (SSSR count). The van der Waals surface area contributed by atoms with Crippen LogP contribution in [0.15, 0.2) is 47.3 Å². The number of amides is 2. The molecule has 3 fully saturated rings. The molecule has 0 bridgehead atoms. The predicted octanol–water partition coefficient (Wildman–Crippen LogP) is 4.51. The highest BCUT2D eigenvalue weighted by molar-refractivity contribution is 5.77. The van der Waals surface area contributed by atoms with Crippen molar-refractivity contribution in [3.8, 4) is 0 Å². The summed E-state index contributed by atoms with van der Waals surface area (Å²) in [5.41, 5.74) is 1.61. The number of hydrogen-bond acceptors (Lipinski definition) is 6. The van der Waals surface area contributed by atoms with Crippen molar-refractivity contribution < 1.29 is 22.4 Å². The number of fused-ring (bicyclic) bond motifs is 1. The molecule has 2 atom stereocenters. The van der Waals surface area contributed by atoms with Crippen LogP contribution in [0.25, 0.3) is 11.0 Å². The zero-order valence-corrected chi connectivity index (χ0v) is 21.4. The Labute approximate surface area is 218 Å². The van der Waals surface area contributed by atoms with Gasteiger partial charge in [0, 0.05) is 68.6 Å². The third-order valence-electron chi connectivity index (χ3n) is 8.13. The second kappa shape index (κ2) is 9.14. The van der Waals surface area contributed by atoms with E-state index in [2.05, 4.69) is 32.3 Å². The van der Waals surface area contributed by atoms with Gasteiger partial charge in [0.15, 0.2) is 0 Å². The van der Waals surface area contributed by atoms with Crippen molar-refractivity contribution >= 4 is 22.9 Å². The van der Waals surface area contributed by atoms with Crippen molar-refractivity contribution in [1.29, 1.82) is 0 Å². The maximum Gasteiger partial charge on any atom is 0.419 e. The highest BCUT2D eigenvalue weighted by atomic mass is 19.4. The van der Waals surface area contributed by atoms with Crippen molar-refractivity contribution in [2.45, 2.75) is 57.5 Å². The highest BCUT2D eigenvalue weighted by Crippen LogP contribution is 2.49. The zero-order valence-electron chi connectivity index (χ0n) is 21.4. The van der Waals surface area contributed by atoms with Crippen LogP contribution < -0.4 is 10.2 Å². The van der Waals surface area contributed by atoms with Crippen molar-refractivity contribution in [2.24, 2.45) is 5.41 Å². The van der Waals surface area contributed by atoms with Gasteiger partial charge in [-0.05, 0) is 55.9 Å². The van der Waals surface area contributed by atoms with E-state index >= 15 is 0 Å². The first-order valence-electron chi connectivity index (χ1n) is 13.0. The predicted molar refractivity (Wildman–Crippen MR) is 135 cm³/mol. The van der Waals surface area contributed by atoms with Gasteiger partial charge in [0.25, 0.3) is 0 Å². The Bertz CT molecular complexity index is 1300. The lowest BCUT2D eigenvalue weighted by atomic mass is 9.60. The summed E-state index contributed by atoms with van der Waals surface area (Å²) >= 11 is 0. The number of rotatable bonds is 4. The fraction of sp³-hybridized carbons (Fsp3) is 0.519. The quantitative estimate of drug-likeness (QED) is 0.537. The van der Waals surface area contributed by atoms with E-state index in [9.17, 15) is 18.0 Å². The van der Waals surface area contributed by atoms with Gasteiger partial charge in [-0.25, -0.2) is 14.8 Å². The van der Waals surface area contributed by atoms with Crippen LogP contribution in [0.1, 0.15) is 37.8 Å². The summed E-state index contributed by atoms with van der Waals surface area (Å²) in [6, 6.07) is 8.12. The first-order chi connectivity index (χ1) is 18.1. The molecule has 2 aliphatic heterocycles. The van der Waals surface area contributed by atoms with Gasteiger partial charge in [-0.2, -0.15) is 13.2 Å². The van der Waals surface area contributed by atoms with Crippen molar-refractivity contribution in [3.05, 3.63) is 54.0 Å². The number of carbonyl (C=O) groups is 1. The smallest absolute Gasteiger partial charge is 0.419 e. The number of nitrogens with zero attached hydrogens (tertiary/aromatic N) is 5. The van der Waals surface area contributed by atoms with E-state index < -0.39 is 11.7 Å². The monoisotopic (exact) mass is 528 g/mol. The van der Waals surface area contributed by atoms with Crippen LogP contribution in [0, 0.1) is 5.41 Å². The number of piperazine rings is 1.